The zero-order chi connectivity index (χ0) is 11.6. The van der Waals surface area contributed by atoms with E-state index in [1.165, 1.54) is 0 Å². The van der Waals surface area contributed by atoms with Gasteiger partial charge < -0.3 is 10.8 Å². The molecule has 1 atom stereocenters. The standard InChI is InChI=1S/C9H8F3NO2/c10-6-3-1-5(2-4-6)7(14)9(11,12)8(13)15/h1-4,7,14H,(H2,13,15)/t7-/m1/s1. The van der Waals surface area contributed by atoms with Crippen LogP contribution in [0.1, 0.15) is 11.7 Å². The van der Waals surface area contributed by atoms with Gasteiger partial charge in [0.05, 0.1) is 0 Å². The van der Waals surface area contributed by atoms with E-state index >= 15 is 0 Å². The van der Waals surface area contributed by atoms with E-state index in [0.717, 1.165) is 24.3 Å². The SMILES string of the molecule is NC(=O)C(F)(F)[C@H](O)c1ccc(F)cc1. The Labute approximate surface area is 83.3 Å². The molecule has 0 radical (unpaired) electrons. The molecule has 3 nitrogen and oxygen atoms in total. The first-order chi connectivity index (χ1) is 6.85. The van der Waals surface area contributed by atoms with Gasteiger partial charge in [0.15, 0.2) is 6.10 Å². The molecule has 1 aromatic carbocycles. The maximum Gasteiger partial charge on any atom is 0.353 e. The molecule has 0 aliphatic rings. The Kier molecular flexibility index (Phi) is 2.99. The van der Waals surface area contributed by atoms with Crippen molar-refractivity contribution < 1.29 is 23.1 Å². The van der Waals surface area contributed by atoms with Crippen LogP contribution in [0.3, 0.4) is 0 Å². The van der Waals surface area contributed by atoms with Gasteiger partial charge in [-0.05, 0) is 17.7 Å². The minimum atomic E-state index is -4.07. The number of nitrogens with two attached hydrogens (primary N) is 1. The summed E-state index contributed by atoms with van der Waals surface area (Å²) in [6.07, 6.45) is -2.37. The van der Waals surface area contributed by atoms with Crippen LogP contribution < -0.4 is 5.73 Å². The third-order valence-corrected chi connectivity index (χ3v) is 1.86. The van der Waals surface area contributed by atoms with Crippen LogP contribution in [-0.4, -0.2) is 16.9 Å². The van der Waals surface area contributed by atoms with Gasteiger partial charge in [-0.25, -0.2) is 4.39 Å². The molecular formula is C9H8F3NO2. The number of primary amides is 1. The zero-order valence-corrected chi connectivity index (χ0v) is 7.45. The number of aliphatic hydroxyl groups excluding tert-OH is 1. The average Bonchev–Trinajstić information content (AvgIpc) is 2.17. The summed E-state index contributed by atoms with van der Waals surface area (Å²) in [4.78, 5) is 10.3. The van der Waals surface area contributed by atoms with Crippen molar-refractivity contribution in [3.8, 4) is 0 Å². The number of alkyl halides is 2. The summed E-state index contributed by atoms with van der Waals surface area (Å²) in [5.41, 5.74) is 4.14. The van der Waals surface area contributed by atoms with Crippen LogP contribution in [0.25, 0.3) is 0 Å². The molecular weight excluding hydrogens is 211 g/mol. The minimum absolute atomic E-state index is 0.278. The molecule has 0 aromatic heterocycles. The summed E-state index contributed by atoms with van der Waals surface area (Å²) >= 11 is 0. The van der Waals surface area contributed by atoms with Crippen molar-refractivity contribution in [1.29, 1.82) is 0 Å². The first kappa shape index (κ1) is 11.5. The zero-order valence-electron chi connectivity index (χ0n) is 7.45. The van der Waals surface area contributed by atoms with Crippen LogP contribution in [0.15, 0.2) is 24.3 Å². The first-order valence-electron chi connectivity index (χ1n) is 3.97. The Balaban J connectivity index is 2.99. The highest BCUT2D eigenvalue weighted by Gasteiger charge is 2.45. The molecule has 0 unspecified atom stereocenters. The number of carbonyl (C=O) groups is 1. The summed E-state index contributed by atoms with van der Waals surface area (Å²) in [6, 6.07) is 3.71. The number of hydrogen-bond acceptors (Lipinski definition) is 2. The first-order valence-corrected chi connectivity index (χ1v) is 3.97. The summed E-state index contributed by atoms with van der Waals surface area (Å²) in [5, 5.41) is 9.14. The third kappa shape index (κ3) is 2.27. The Morgan fingerprint density at radius 2 is 1.80 bits per heavy atom. The Bertz CT molecular complexity index is 364. The van der Waals surface area contributed by atoms with Gasteiger partial charge in [0.2, 0.25) is 0 Å². The fourth-order valence-corrected chi connectivity index (χ4v) is 0.989. The van der Waals surface area contributed by atoms with Crippen LogP contribution in [0.4, 0.5) is 13.2 Å². The molecule has 1 amide bonds. The van der Waals surface area contributed by atoms with Crippen molar-refractivity contribution in [2.75, 3.05) is 0 Å². The second kappa shape index (κ2) is 3.90. The van der Waals surface area contributed by atoms with Crippen LogP contribution >= 0.6 is 0 Å². The van der Waals surface area contributed by atoms with E-state index in [2.05, 4.69) is 5.73 Å². The number of benzene rings is 1. The fourth-order valence-electron chi connectivity index (χ4n) is 0.989. The lowest BCUT2D eigenvalue weighted by Crippen LogP contribution is -2.41. The van der Waals surface area contributed by atoms with Gasteiger partial charge in [0.1, 0.15) is 5.82 Å². The van der Waals surface area contributed by atoms with Crippen molar-refractivity contribution in [2.45, 2.75) is 12.0 Å². The van der Waals surface area contributed by atoms with Crippen molar-refractivity contribution in [3.63, 3.8) is 0 Å². The van der Waals surface area contributed by atoms with E-state index in [-0.39, 0.29) is 5.56 Å². The molecule has 82 valence electrons. The van der Waals surface area contributed by atoms with E-state index in [4.69, 9.17) is 5.11 Å². The van der Waals surface area contributed by atoms with Gasteiger partial charge in [-0.15, -0.1) is 0 Å². The highest BCUT2D eigenvalue weighted by molar-refractivity contribution is 5.82. The number of halogens is 3. The Morgan fingerprint density at radius 1 is 1.33 bits per heavy atom. The number of rotatable bonds is 3. The molecule has 0 fully saturated rings. The number of aliphatic hydroxyl groups is 1. The van der Waals surface area contributed by atoms with Crippen LogP contribution in [-0.2, 0) is 4.79 Å². The van der Waals surface area contributed by atoms with Crippen LogP contribution in [0, 0.1) is 5.82 Å². The van der Waals surface area contributed by atoms with E-state index < -0.39 is 23.8 Å². The second-order valence-electron chi connectivity index (χ2n) is 2.94. The molecule has 0 spiro atoms. The lowest BCUT2D eigenvalue weighted by atomic mass is 10.0. The normalized spacial score (nSPS) is 13.6. The monoisotopic (exact) mass is 219 g/mol. The van der Waals surface area contributed by atoms with Crippen molar-refractivity contribution in [2.24, 2.45) is 5.73 Å². The lowest BCUT2D eigenvalue weighted by Gasteiger charge is -2.19. The molecule has 0 saturated carbocycles. The van der Waals surface area contributed by atoms with E-state index in [0.29, 0.717) is 0 Å². The summed E-state index contributed by atoms with van der Waals surface area (Å²) in [6.45, 7) is 0. The van der Waals surface area contributed by atoms with E-state index in [9.17, 15) is 18.0 Å². The average molecular weight is 219 g/mol. The molecule has 15 heavy (non-hydrogen) atoms. The molecule has 3 N–H and O–H groups in total. The lowest BCUT2D eigenvalue weighted by molar-refractivity contribution is -0.160. The van der Waals surface area contributed by atoms with Gasteiger partial charge >= 0.3 is 5.92 Å². The maximum absolute atomic E-state index is 12.9. The van der Waals surface area contributed by atoms with Crippen LogP contribution in [0.5, 0.6) is 0 Å². The predicted molar refractivity (Wildman–Crippen MR) is 45.5 cm³/mol. The molecule has 1 aromatic rings. The molecule has 0 bridgehead atoms. The number of amides is 1. The van der Waals surface area contributed by atoms with Gasteiger partial charge in [-0.2, -0.15) is 8.78 Å². The topological polar surface area (TPSA) is 63.3 Å². The molecule has 0 saturated heterocycles. The Hall–Kier alpha value is -1.56. The third-order valence-electron chi connectivity index (χ3n) is 1.86. The minimum Gasteiger partial charge on any atom is -0.381 e. The highest BCUT2D eigenvalue weighted by Crippen LogP contribution is 2.30. The molecule has 6 heteroatoms. The predicted octanol–water partition coefficient (Wildman–Crippen LogP) is 0.980. The van der Waals surface area contributed by atoms with Crippen LogP contribution in [0.2, 0.25) is 0 Å². The highest BCUT2D eigenvalue weighted by atomic mass is 19.3. The summed E-state index contributed by atoms with van der Waals surface area (Å²) in [5.74, 6) is -6.63. The fraction of sp³-hybridized carbons (Fsp3) is 0.222. The van der Waals surface area contributed by atoms with E-state index in [1.807, 2.05) is 0 Å². The quantitative estimate of drug-likeness (QED) is 0.795. The van der Waals surface area contributed by atoms with E-state index in [1.54, 1.807) is 0 Å². The van der Waals surface area contributed by atoms with Crippen molar-refractivity contribution in [3.05, 3.63) is 35.6 Å². The molecule has 1 rings (SSSR count). The van der Waals surface area contributed by atoms with Gasteiger partial charge in [-0.1, -0.05) is 12.1 Å². The smallest absolute Gasteiger partial charge is 0.353 e. The molecule has 0 aliphatic heterocycles. The number of carbonyl (C=O) groups excluding carboxylic acids is 1. The van der Waals surface area contributed by atoms with Crippen molar-refractivity contribution in [1.82, 2.24) is 0 Å². The van der Waals surface area contributed by atoms with Gasteiger partial charge in [0, 0.05) is 0 Å². The summed E-state index contributed by atoms with van der Waals surface area (Å²) < 4.78 is 38.3. The van der Waals surface area contributed by atoms with Gasteiger partial charge in [-0.3, -0.25) is 4.79 Å². The van der Waals surface area contributed by atoms with Crippen molar-refractivity contribution >= 4 is 5.91 Å². The number of hydrogen-bond donors (Lipinski definition) is 2. The molecule has 0 aliphatic carbocycles. The molecule has 0 heterocycles. The van der Waals surface area contributed by atoms with Gasteiger partial charge in [0.25, 0.3) is 5.91 Å². The largest absolute Gasteiger partial charge is 0.381 e. The second-order valence-corrected chi connectivity index (χ2v) is 2.94. The maximum atomic E-state index is 12.9. The summed E-state index contributed by atoms with van der Waals surface area (Å²) in [7, 11) is 0. The Morgan fingerprint density at radius 3 is 2.20 bits per heavy atom.